The fourth-order valence-corrected chi connectivity index (χ4v) is 0.962. The Morgan fingerprint density at radius 3 is 2.38 bits per heavy atom. The molecular formula is C5H9ClN2. The number of nitrogens with one attached hydrogen (secondary N) is 1. The maximum absolute atomic E-state index is 5.54. The summed E-state index contributed by atoms with van der Waals surface area (Å²) < 4.78 is 0. The molecule has 0 spiro atoms. The van der Waals surface area contributed by atoms with E-state index >= 15 is 0 Å². The quantitative estimate of drug-likeness (QED) is 0.488. The smallest absolute Gasteiger partial charge is 0.191 e. The van der Waals surface area contributed by atoms with Gasteiger partial charge in [0.1, 0.15) is 0 Å². The molecular weight excluding hydrogens is 124 g/mol. The van der Waals surface area contributed by atoms with Crippen LogP contribution in [0.15, 0.2) is 4.99 Å². The molecule has 0 aromatic carbocycles. The maximum atomic E-state index is 5.54. The van der Waals surface area contributed by atoms with Crippen LogP contribution in [-0.4, -0.2) is 17.4 Å². The lowest BCUT2D eigenvalue weighted by atomic mass is 10.2. The third-order valence-corrected chi connectivity index (χ3v) is 1.59. The van der Waals surface area contributed by atoms with Crippen molar-refractivity contribution in [3.05, 3.63) is 0 Å². The third kappa shape index (κ3) is 0.944. The Bertz CT molecular complexity index is 122. The number of nitrogens with zero attached hydrogens (tertiary/aromatic N) is 1. The van der Waals surface area contributed by atoms with Crippen molar-refractivity contribution in [2.75, 3.05) is 0 Å². The summed E-state index contributed by atoms with van der Waals surface area (Å²) in [6.07, 6.45) is 0. The minimum absolute atomic E-state index is 0.336. The number of rotatable bonds is 0. The van der Waals surface area contributed by atoms with Gasteiger partial charge in [-0.1, -0.05) is 0 Å². The lowest BCUT2D eigenvalue weighted by molar-refractivity contribution is 0.602. The second-order valence-electron chi connectivity index (χ2n) is 2.09. The predicted octanol–water partition coefficient (Wildman–Crippen LogP) is 0.961. The average molecular weight is 133 g/mol. The van der Waals surface area contributed by atoms with Gasteiger partial charge in [-0.3, -0.25) is 4.99 Å². The highest BCUT2D eigenvalue weighted by molar-refractivity contribution is 6.65. The van der Waals surface area contributed by atoms with Crippen LogP contribution in [0.4, 0.5) is 0 Å². The molecule has 1 heterocycles. The van der Waals surface area contributed by atoms with Crippen molar-refractivity contribution in [3.63, 3.8) is 0 Å². The SMILES string of the molecule is CC1N=C(Cl)NC1C. The van der Waals surface area contributed by atoms with Crippen LogP contribution in [0.25, 0.3) is 0 Å². The van der Waals surface area contributed by atoms with Gasteiger partial charge in [-0.2, -0.15) is 0 Å². The number of hydrogen-bond acceptors (Lipinski definition) is 2. The predicted molar refractivity (Wildman–Crippen MR) is 35.3 cm³/mol. The summed E-state index contributed by atoms with van der Waals surface area (Å²) in [5.41, 5.74) is 0. The van der Waals surface area contributed by atoms with Crippen LogP contribution in [-0.2, 0) is 0 Å². The summed E-state index contributed by atoms with van der Waals surface area (Å²) in [5.74, 6) is 0. The lowest BCUT2D eigenvalue weighted by Gasteiger charge is -2.05. The molecule has 0 aromatic heterocycles. The molecule has 1 aliphatic rings. The van der Waals surface area contributed by atoms with Gasteiger partial charge in [0, 0.05) is 6.04 Å². The zero-order chi connectivity index (χ0) is 6.15. The molecule has 0 saturated carbocycles. The number of halogens is 1. The molecule has 2 unspecified atom stereocenters. The first-order valence-corrected chi connectivity index (χ1v) is 3.08. The van der Waals surface area contributed by atoms with E-state index in [0.717, 1.165) is 0 Å². The Balaban J connectivity index is 2.56. The van der Waals surface area contributed by atoms with Gasteiger partial charge >= 0.3 is 0 Å². The van der Waals surface area contributed by atoms with Crippen molar-refractivity contribution in [1.82, 2.24) is 5.32 Å². The van der Waals surface area contributed by atoms with E-state index < -0.39 is 0 Å². The number of hydrogen-bond donors (Lipinski definition) is 1. The Labute approximate surface area is 53.9 Å². The Hall–Kier alpha value is -0.240. The molecule has 2 nitrogen and oxygen atoms in total. The number of aliphatic imine (C=N–C) groups is 1. The Kier molecular flexibility index (Phi) is 1.43. The molecule has 0 amide bonds. The first-order valence-electron chi connectivity index (χ1n) is 2.70. The van der Waals surface area contributed by atoms with Gasteiger partial charge in [0.2, 0.25) is 0 Å². The Morgan fingerprint density at radius 2 is 2.25 bits per heavy atom. The molecule has 3 heteroatoms. The Morgan fingerprint density at radius 1 is 1.62 bits per heavy atom. The topological polar surface area (TPSA) is 24.4 Å². The van der Waals surface area contributed by atoms with Crippen molar-refractivity contribution in [2.24, 2.45) is 4.99 Å². The van der Waals surface area contributed by atoms with E-state index in [0.29, 0.717) is 17.4 Å². The normalized spacial score (nSPS) is 36.6. The molecule has 1 rings (SSSR count). The third-order valence-electron chi connectivity index (χ3n) is 1.39. The van der Waals surface area contributed by atoms with Crippen LogP contribution in [0.2, 0.25) is 0 Å². The van der Waals surface area contributed by atoms with Gasteiger partial charge in [0.25, 0.3) is 0 Å². The highest BCUT2D eigenvalue weighted by Crippen LogP contribution is 2.06. The molecule has 0 radical (unpaired) electrons. The summed E-state index contributed by atoms with van der Waals surface area (Å²) in [7, 11) is 0. The summed E-state index contributed by atoms with van der Waals surface area (Å²) in [4.78, 5) is 4.04. The van der Waals surface area contributed by atoms with Crippen LogP contribution in [0.3, 0.4) is 0 Å². The summed E-state index contributed by atoms with van der Waals surface area (Å²) in [6.45, 7) is 4.09. The second kappa shape index (κ2) is 1.94. The maximum Gasteiger partial charge on any atom is 0.191 e. The molecule has 2 atom stereocenters. The van der Waals surface area contributed by atoms with Gasteiger partial charge in [-0.25, -0.2) is 0 Å². The monoisotopic (exact) mass is 132 g/mol. The summed E-state index contributed by atoms with van der Waals surface area (Å²) >= 11 is 5.54. The van der Waals surface area contributed by atoms with Crippen molar-refractivity contribution in [1.29, 1.82) is 0 Å². The van der Waals surface area contributed by atoms with Gasteiger partial charge in [-0.15, -0.1) is 0 Å². The van der Waals surface area contributed by atoms with Gasteiger partial charge in [0.15, 0.2) is 5.29 Å². The molecule has 1 aliphatic heterocycles. The van der Waals surface area contributed by atoms with Crippen molar-refractivity contribution < 1.29 is 0 Å². The van der Waals surface area contributed by atoms with Gasteiger partial charge in [-0.05, 0) is 25.4 Å². The molecule has 46 valence electrons. The molecule has 0 bridgehead atoms. The van der Waals surface area contributed by atoms with Crippen molar-refractivity contribution >= 4 is 16.9 Å². The van der Waals surface area contributed by atoms with Crippen LogP contribution in [0.1, 0.15) is 13.8 Å². The van der Waals surface area contributed by atoms with E-state index in [-0.39, 0.29) is 0 Å². The molecule has 8 heavy (non-hydrogen) atoms. The highest BCUT2D eigenvalue weighted by Gasteiger charge is 2.17. The zero-order valence-corrected chi connectivity index (χ0v) is 5.74. The highest BCUT2D eigenvalue weighted by atomic mass is 35.5. The largest absolute Gasteiger partial charge is 0.356 e. The second-order valence-corrected chi connectivity index (χ2v) is 2.45. The van der Waals surface area contributed by atoms with E-state index in [9.17, 15) is 0 Å². The molecule has 0 aromatic rings. The molecule has 0 aliphatic carbocycles. The average Bonchev–Trinajstić information content (AvgIpc) is 1.85. The standard InChI is InChI=1S/C5H9ClN2/c1-3-4(2)8-5(6)7-3/h3-4H,1-2H3,(H,7,8). The fourth-order valence-electron chi connectivity index (χ4n) is 0.636. The summed E-state index contributed by atoms with van der Waals surface area (Å²) in [5, 5.41) is 3.53. The van der Waals surface area contributed by atoms with E-state index in [1.807, 2.05) is 6.92 Å². The minimum Gasteiger partial charge on any atom is -0.356 e. The zero-order valence-electron chi connectivity index (χ0n) is 4.98. The molecule has 0 fully saturated rings. The molecule has 0 saturated heterocycles. The van der Waals surface area contributed by atoms with Crippen LogP contribution in [0, 0.1) is 0 Å². The van der Waals surface area contributed by atoms with E-state index in [1.165, 1.54) is 0 Å². The van der Waals surface area contributed by atoms with Crippen LogP contribution < -0.4 is 5.32 Å². The molecule has 1 N–H and O–H groups in total. The first kappa shape index (κ1) is 5.89. The van der Waals surface area contributed by atoms with Gasteiger partial charge < -0.3 is 5.32 Å². The number of amidine groups is 1. The van der Waals surface area contributed by atoms with E-state index in [2.05, 4.69) is 17.2 Å². The first-order chi connectivity index (χ1) is 3.70. The van der Waals surface area contributed by atoms with Crippen LogP contribution in [0.5, 0.6) is 0 Å². The van der Waals surface area contributed by atoms with Crippen LogP contribution >= 0.6 is 11.6 Å². The van der Waals surface area contributed by atoms with E-state index in [4.69, 9.17) is 11.6 Å². The van der Waals surface area contributed by atoms with E-state index in [1.54, 1.807) is 0 Å². The van der Waals surface area contributed by atoms with Crippen molar-refractivity contribution in [3.8, 4) is 0 Å². The van der Waals surface area contributed by atoms with Crippen molar-refractivity contribution in [2.45, 2.75) is 25.9 Å². The fraction of sp³-hybridized carbons (Fsp3) is 0.800. The van der Waals surface area contributed by atoms with Gasteiger partial charge in [0.05, 0.1) is 6.04 Å². The minimum atomic E-state index is 0.336. The summed E-state index contributed by atoms with van der Waals surface area (Å²) in [6, 6.07) is 0.741. The lowest BCUT2D eigenvalue weighted by Crippen LogP contribution is -2.28.